The molecule has 0 bridgehead atoms. The Morgan fingerprint density at radius 3 is 2.26 bits per heavy atom. The molecule has 0 amide bonds. The van der Waals surface area contributed by atoms with E-state index in [-0.39, 0.29) is 55.4 Å². The van der Waals surface area contributed by atoms with Gasteiger partial charge in [0, 0.05) is 26.7 Å². The van der Waals surface area contributed by atoms with Gasteiger partial charge in [0.25, 0.3) is 0 Å². The molecule has 1 unspecified atom stereocenters. The molecule has 27 heavy (non-hydrogen) atoms. The lowest BCUT2D eigenvalue weighted by atomic mass is 9.87. The number of hydrogen-bond donors (Lipinski definition) is 0. The fraction of sp³-hybridized carbons (Fsp3) is 0.947. The van der Waals surface area contributed by atoms with Crippen molar-refractivity contribution in [1.29, 1.82) is 0 Å². The molecule has 1 aliphatic carbocycles. The maximum atomic E-state index is 11.9. The molecule has 0 aromatic heterocycles. The lowest BCUT2D eigenvalue weighted by Gasteiger charge is -2.40. The molecule has 8 heteroatoms. The molecule has 3 aliphatic rings. The summed E-state index contributed by atoms with van der Waals surface area (Å²) in [7, 11) is 1.80. The Bertz CT molecular complexity index is 430. The summed E-state index contributed by atoms with van der Waals surface area (Å²) < 4.78 is 17.5. The summed E-state index contributed by atoms with van der Waals surface area (Å²) in [6, 6.07) is 0. The van der Waals surface area contributed by atoms with Crippen LogP contribution in [0.1, 0.15) is 58.3 Å². The molecule has 2 aliphatic heterocycles. The van der Waals surface area contributed by atoms with Crippen molar-refractivity contribution >= 4 is 30.8 Å². The van der Waals surface area contributed by atoms with Gasteiger partial charge in [-0.25, -0.2) is 4.90 Å². The third-order valence-electron chi connectivity index (χ3n) is 5.85. The van der Waals surface area contributed by atoms with Gasteiger partial charge in [-0.1, -0.05) is 0 Å². The summed E-state index contributed by atoms with van der Waals surface area (Å²) in [4.78, 5) is 16.8. The first-order chi connectivity index (χ1) is 12.2. The molecule has 3 fully saturated rings. The van der Waals surface area contributed by atoms with E-state index in [0.29, 0.717) is 6.61 Å². The maximum absolute atomic E-state index is 11.9. The zero-order valence-corrected chi connectivity index (χ0v) is 18.3. The molecule has 2 heterocycles. The van der Waals surface area contributed by atoms with Gasteiger partial charge in [0.1, 0.15) is 6.23 Å². The number of hydrogen-bond acceptors (Lipinski definition) is 6. The summed E-state index contributed by atoms with van der Waals surface area (Å²) in [6.45, 7) is 5.60. The summed E-state index contributed by atoms with van der Waals surface area (Å²) in [5.74, 6) is 0.0274. The number of methoxy groups -OCH3 is 1. The van der Waals surface area contributed by atoms with Gasteiger partial charge in [-0.15, -0.1) is 24.8 Å². The largest absolute Gasteiger partial charge is 0.466 e. The van der Waals surface area contributed by atoms with E-state index in [9.17, 15) is 4.79 Å². The van der Waals surface area contributed by atoms with E-state index in [1.165, 1.54) is 19.3 Å². The monoisotopic (exact) mass is 426 g/mol. The van der Waals surface area contributed by atoms with Crippen molar-refractivity contribution in [3.05, 3.63) is 0 Å². The molecule has 0 aromatic rings. The normalized spacial score (nSPS) is 30.4. The number of ether oxygens (including phenoxy) is 3. The van der Waals surface area contributed by atoms with Crippen molar-refractivity contribution in [3.8, 4) is 0 Å². The minimum absolute atomic E-state index is 0. The first kappa shape index (κ1) is 24.9. The number of carbonyl (C=O) groups is 1. The molecule has 2 saturated heterocycles. The van der Waals surface area contributed by atoms with E-state index >= 15 is 0 Å². The topological polar surface area (TPSA) is 51.2 Å². The summed E-state index contributed by atoms with van der Waals surface area (Å²) in [6.07, 6.45) is 8.82. The number of carbonyl (C=O) groups excluding carboxylic acids is 1. The van der Waals surface area contributed by atoms with Crippen molar-refractivity contribution in [3.63, 3.8) is 0 Å². The van der Waals surface area contributed by atoms with Gasteiger partial charge in [-0.05, 0) is 58.3 Å². The summed E-state index contributed by atoms with van der Waals surface area (Å²) in [5.41, 5.74) is 0. The van der Waals surface area contributed by atoms with Crippen LogP contribution in [0.2, 0.25) is 0 Å². The molecule has 0 N–H and O–H groups in total. The standard InChI is InChI=1S/C19H34N2O4.2ClH/c1-3-24-18(22)15-8-10-16(11-9-15)25-19(20-12-4-5-13-20)21-14-6-7-17(21)23-2;;/h15-17,19H,3-14H2,1-2H3;2*1H/t15?,16?,17-,19?;;/m0../s1. The second-order valence-electron chi connectivity index (χ2n) is 7.50. The number of rotatable bonds is 7. The molecule has 2 atom stereocenters. The highest BCUT2D eigenvalue weighted by atomic mass is 35.5. The zero-order chi connectivity index (χ0) is 17.6. The van der Waals surface area contributed by atoms with Crippen LogP contribution in [-0.2, 0) is 19.0 Å². The fourth-order valence-electron chi connectivity index (χ4n) is 4.47. The van der Waals surface area contributed by atoms with Gasteiger partial charge < -0.3 is 14.2 Å². The van der Waals surface area contributed by atoms with Crippen LogP contribution >= 0.6 is 24.8 Å². The van der Waals surface area contributed by atoms with Gasteiger partial charge >= 0.3 is 5.97 Å². The Balaban J connectivity index is 0.00000182. The molecule has 160 valence electrons. The third-order valence-corrected chi connectivity index (χ3v) is 5.85. The Hall–Kier alpha value is -0.110. The Labute approximate surface area is 176 Å². The lowest BCUT2D eigenvalue weighted by Crippen LogP contribution is -2.53. The van der Waals surface area contributed by atoms with Crippen molar-refractivity contribution in [2.75, 3.05) is 33.4 Å². The average molecular weight is 427 g/mol. The number of halogens is 2. The Kier molecular flexibility index (Phi) is 11.5. The van der Waals surface area contributed by atoms with Gasteiger partial charge in [-0.3, -0.25) is 9.69 Å². The zero-order valence-electron chi connectivity index (χ0n) is 16.6. The Morgan fingerprint density at radius 1 is 1.00 bits per heavy atom. The lowest BCUT2D eigenvalue weighted by molar-refractivity contribution is -0.214. The van der Waals surface area contributed by atoms with Crippen molar-refractivity contribution in [2.45, 2.75) is 77.0 Å². The predicted octanol–water partition coefficient (Wildman–Crippen LogP) is 3.42. The minimum Gasteiger partial charge on any atom is -0.466 e. The molecule has 6 nitrogen and oxygen atoms in total. The van der Waals surface area contributed by atoms with E-state index < -0.39 is 0 Å². The van der Waals surface area contributed by atoms with Crippen molar-refractivity contribution < 1.29 is 19.0 Å². The fourth-order valence-corrected chi connectivity index (χ4v) is 4.47. The van der Waals surface area contributed by atoms with E-state index in [1.807, 2.05) is 6.92 Å². The number of likely N-dealkylation sites (tertiary alicyclic amines) is 2. The minimum atomic E-state index is -0.0315. The molecule has 0 spiro atoms. The van der Waals surface area contributed by atoms with Crippen LogP contribution in [0.3, 0.4) is 0 Å². The highest BCUT2D eigenvalue weighted by Gasteiger charge is 2.38. The van der Waals surface area contributed by atoms with Gasteiger partial charge in [0.15, 0.2) is 6.35 Å². The van der Waals surface area contributed by atoms with Crippen molar-refractivity contribution in [2.24, 2.45) is 5.92 Å². The first-order valence-electron chi connectivity index (χ1n) is 10.1. The van der Waals surface area contributed by atoms with Crippen LogP contribution in [0, 0.1) is 5.92 Å². The number of nitrogens with zero attached hydrogens (tertiary/aromatic N) is 2. The van der Waals surface area contributed by atoms with Gasteiger partial charge in [0.2, 0.25) is 0 Å². The van der Waals surface area contributed by atoms with Gasteiger partial charge in [-0.2, -0.15) is 0 Å². The average Bonchev–Trinajstić information content (AvgIpc) is 3.32. The molecular formula is C19H36Cl2N2O4. The molecule has 0 radical (unpaired) electrons. The predicted molar refractivity (Wildman–Crippen MR) is 109 cm³/mol. The van der Waals surface area contributed by atoms with Crippen LogP contribution < -0.4 is 0 Å². The first-order valence-corrected chi connectivity index (χ1v) is 10.1. The third kappa shape index (κ3) is 6.44. The summed E-state index contributed by atoms with van der Waals surface area (Å²) in [5, 5.41) is 0. The molecular weight excluding hydrogens is 391 g/mol. The second-order valence-corrected chi connectivity index (χ2v) is 7.50. The number of esters is 1. The van der Waals surface area contributed by atoms with Gasteiger partial charge in [0.05, 0.1) is 18.6 Å². The van der Waals surface area contributed by atoms with Crippen molar-refractivity contribution in [1.82, 2.24) is 9.80 Å². The summed E-state index contributed by atoms with van der Waals surface area (Å²) >= 11 is 0. The molecule has 1 saturated carbocycles. The van der Waals surface area contributed by atoms with Crippen LogP contribution in [0.4, 0.5) is 0 Å². The van der Waals surface area contributed by atoms with E-state index in [0.717, 1.165) is 51.7 Å². The molecule has 0 aromatic carbocycles. The van der Waals surface area contributed by atoms with Crippen LogP contribution in [0.15, 0.2) is 0 Å². The van der Waals surface area contributed by atoms with Crippen LogP contribution in [0.5, 0.6) is 0 Å². The second kappa shape index (κ2) is 12.5. The smallest absolute Gasteiger partial charge is 0.308 e. The maximum Gasteiger partial charge on any atom is 0.308 e. The highest BCUT2D eigenvalue weighted by molar-refractivity contribution is 5.85. The highest BCUT2D eigenvalue weighted by Crippen LogP contribution is 2.32. The van der Waals surface area contributed by atoms with E-state index in [2.05, 4.69) is 9.80 Å². The quantitative estimate of drug-likeness (QED) is 0.581. The van der Waals surface area contributed by atoms with Crippen LogP contribution in [0.25, 0.3) is 0 Å². The SMILES string of the molecule is CCOC(=O)C1CCC(OC(N2CCCC2)N2CCC[C@@H]2OC)CC1.Cl.Cl. The van der Waals surface area contributed by atoms with E-state index in [1.54, 1.807) is 7.11 Å². The Morgan fingerprint density at radius 2 is 1.67 bits per heavy atom. The van der Waals surface area contributed by atoms with E-state index in [4.69, 9.17) is 14.2 Å². The van der Waals surface area contributed by atoms with Crippen LogP contribution in [-0.4, -0.2) is 67.8 Å². The molecule has 3 rings (SSSR count).